The predicted octanol–water partition coefficient (Wildman–Crippen LogP) is 2.11. The van der Waals surface area contributed by atoms with Gasteiger partial charge in [0.05, 0.1) is 14.2 Å². The highest BCUT2D eigenvalue weighted by molar-refractivity contribution is 5.80. The summed E-state index contributed by atoms with van der Waals surface area (Å²) in [6.45, 7) is 10.1. The van der Waals surface area contributed by atoms with Crippen molar-refractivity contribution in [3.8, 4) is 11.5 Å². The van der Waals surface area contributed by atoms with Crippen molar-refractivity contribution in [1.29, 1.82) is 0 Å². The number of aryl methyl sites for hydroxylation is 2. The molecule has 31 heavy (non-hydrogen) atoms. The van der Waals surface area contributed by atoms with Gasteiger partial charge in [0.2, 0.25) is 5.89 Å². The third-order valence-corrected chi connectivity index (χ3v) is 5.27. The molecular formula is C22H34N6O3. The number of ether oxygens (including phenoxy) is 2. The van der Waals surface area contributed by atoms with Gasteiger partial charge in [-0.2, -0.15) is 4.98 Å². The normalized spacial score (nSPS) is 15.2. The zero-order valence-corrected chi connectivity index (χ0v) is 19.1. The number of methoxy groups -OCH3 is 2. The van der Waals surface area contributed by atoms with E-state index in [0.717, 1.165) is 81.7 Å². The molecule has 0 radical (unpaired) electrons. The van der Waals surface area contributed by atoms with Crippen LogP contribution in [-0.4, -0.2) is 79.4 Å². The van der Waals surface area contributed by atoms with E-state index in [1.165, 1.54) is 0 Å². The maximum absolute atomic E-state index is 5.53. The lowest BCUT2D eigenvalue weighted by molar-refractivity contribution is 0.171. The molecule has 9 nitrogen and oxygen atoms in total. The molecule has 170 valence electrons. The molecule has 2 aromatic rings. The molecular weight excluding hydrogens is 396 g/mol. The SMILES string of the molecule is CCNC(=NCCCc1nc(C)no1)N1CCN(Cc2cc(OC)ccc2OC)CC1. The molecule has 0 aliphatic carbocycles. The molecule has 0 amide bonds. The second kappa shape index (κ2) is 11.5. The molecule has 0 unspecified atom stereocenters. The third kappa shape index (κ3) is 6.58. The second-order valence-corrected chi connectivity index (χ2v) is 7.52. The number of hydrogen-bond acceptors (Lipinski definition) is 7. The highest BCUT2D eigenvalue weighted by Crippen LogP contribution is 2.25. The van der Waals surface area contributed by atoms with Gasteiger partial charge in [-0.25, -0.2) is 0 Å². The lowest BCUT2D eigenvalue weighted by Crippen LogP contribution is -2.52. The zero-order chi connectivity index (χ0) is 22.1. The Balaban J connectivity index is 1.51. The van der Waals surface area contributed by atoms with Gasteiger partial charge in [0, 0.05) is 57.8 Å². The highest BCUT2D eigenvalue weighted by atomic mass is 16.5. The van der Waals surface area contributed by atoms with E-state index in [-0.39, 0.29) is 0 Å². The lowest BCUT2D eigenvalue weighted by Gasteiger charge is -2.36. The van der Waals surface area contributed by atoms with Crippen LogP contribution in [0.15, 0.2) is 27.7 Å². The summed E-state index contributed by atoms with van der Waals surface area (Å²) in [5, 5.41) is 7.25. The van der Waals surface area contributed by atoms with Crippen LogP contribution in [0, 0.1) is 6.92 Å². The van der Waals surface area contributed by atoms with E-state index >= 15 is 0 Å². The van der Waals surface area contributed by atoms with Crippen molar-refractivity contribution in [1.82, 2.24) is 25.3 Å². The minimum Gasteiger partial charge on any atom is -0.497 e. The van der Waals surface area contributed by atoms with Crippen LogP contribution in [0.1, 0.15) is 30.6 Å². The molecule has 0 bridgehead atoms. The van der Waals surface area contributed by atoms with Crippen LogP contribution in [-0.2, 0) is 13.0 Å². The van der Waals surface area contributed by atoms with Crippen molar-refractivity contribution in [3.63, 3.8) is 0 Å². The first-order chi connectivity index (χ1) is 15.1. The Hall–Kier alpha value is -2.81. The van der Waals surface area contributed by atoms with Crippen molar-refractivity contribution in [3.05, 3.63) is 35.5 Å². The minimum absolute atomic E-state index is 0.677. The first-order valence-corrected chi connectivity index (χ1v) is 10.9. The molecule has 1 aromatic heterocycles. The Morgan fingerprint density at radius 3 is 2.65 bits per heavy atom. The smallest absolute Gasteiger partial charge is 0.226 e. The Morgan fingerprint density at radius 2 is 2.00 bits per heavy atom. The van der Waals surface area contributed by atoms with E-state index in [1.54, 1.807) is 14.2 Å². The number of rotatable bonds is 9. The van der Waals surface area contributed by atoms with E-state index in [2.05, 4.69) is 38.2 Å². The minimum atomic E-state index is 0.677. The summed E-state index contributed by atoms with van der Waals surface area (Å²) in [5.41, 5.74) is 1.15. The third-order valence-electron chi connectivity index (χ3n) is 5.27. The quantitative estimate of drug-likeness (QED) is 0.368. The summed E-state index contributed by atoms with van der Waals surface area (Å²) in [6.07, 6.45) is 1.63. The van der Waals surface area contributed by atoms with Gasteiger partial charge >= 0.3 is 0 Å². The van der Waals surface area contributed by atoms with Crippen molar-refractivity contribution >= 4 is 5.96 Å². The van der Waals surface area contributed by atoms with Crippen LogP contribution < -0.4 is 14.8 Å². The fourth-order valence-corrected chi connectivity index (χ4v) is 3.65. The largest absolute Gasteiger partial charge is 0.497 e. The fraction of sp³-hybridized carbons (Fsp3) is 0.591. The molecule has 0 atom stereocenters. The van der Waals surface area contributed by atoms with Gasteiger partial charge in [0.25, 0.3) is 0 Å². The van der Waals surface area contributed by atoms with Gasteiger partial charge in [-0.1, -0.05) is 5.16 Å². The van der Waals surface area contributed by atoms with Crippen molar-refractivity contribution in [2.45, 2.75) is 33.2 Å². The van der Waals surface area contributed by atoms with Crippen LogP contribution in [0.3, 0.4) is 0 Å². The Kier molecular flexibility index (Phi) is 8.52. The van der Waals surface area contributed by atoms with Crippen LogP contribution in [0.4, 0.5) is 0 Å². The molecule has 0 spiro atoms. The molecule has 9 heteroatoms. The first kappa shape index (κ1) is 22.9. The van der Waals surface area contributed by atoms with Gasteiger partial charge in [-0.15, -0.1) is 0 Å². The number of aromatic nitrogens is 2. The summed E-state index contributed by atoms with van der Waals surface area (Å²) in [4.78, 5) is 13.8. The Bertz CT molecular complexity index is 846. The van der Waals surface area contributed by atoms with Gasteiger partial charge in [0.15, 0.2) is 11.8 Å². The van der Waals surface area contributed by atoms with Crippen molar-refractivity contribution < 1.29 is 14.0 Å². The number of aliphatic imine (C=N–C) groups is 1. The number of guanidine groups is 1. The first-order valence-electron chi connectivity index (χ1n) is 10.9. The molecule has 0 saturated carbocycles. The van der Waals surface area contributed by atoms with Gasteiger partial charge in [0.1, 0.15) is 11.5 Å². The number of piperazine rings is 1. The summed E-state index contributed by atoms with van der Waals surface area (Å²) in [5.74, 6) is 4.08. The molecule has 1 aliphatic heterocycles. The monoisotopic (exact) mass is 430 g/mol. The summed E-state index contributed by atoms with van der Waals surface area (Å²) in [7, 11) is 3.40. The molecule has 1 aliphatic rings. The predicted molar refractivity (Wildman–Crippen MR) is 120 cm³/mol. The summed E-state index contributed by atoms with van der Waals surface area (Å²) < 4.78 is 16.1. The second-order valence-electron chi connectivity index (χ2n) is 7.52. The van der Waals surface area contributed by atoms with E-state index in [0.29, 0.717) is 11.7 Å². The average molecular weight is 431 g/mol. The molecule has 1 saturated heterocycles. The Morgan fingerprint density at radius 1 is 1.19 bits per heavy atom. The van der Waals surface area contributed by atoms with Crippen LogP contribution >= 0.6 is 0 Å². The topological polar surface area (TPSA) is 88.2 Å². The van der Waals surface area contributed by atoms with E-state index in [9.17, 15) is 0 Å². The van der Waals surface area contributed by atoms with Crippen LogP contribution in [0.25, 0.3) is 0 Å². The number of nitrogens with one attached hydrogen (secondary N) is 1. The number of nitrogens with zero attached hydrogens (tertiary/aromatic N) is 5. The molecule has 1 N–H and O–H groups in total. The zero-order valence-electron chi connectivity index (χ0n) is 19.1. The molecule has 3 rings (SSSR count). The summed E-state index contributed by atoms with van der Waals surface area (Å²) in [6, 6.07) is 5.96. The summed E-state index contributed by atoms with van der Waals surface area (Å²) >= 11 is 0. The average Bonchev–Trinajstić information content (AvgIpc) is 3.21. The van der Waals surface area contributed by atoms with Crippen molar-refractivity contribution in [2.75, 3.05) is 53.5 Å². The lowest BCUT2D eigenvalue weighted by atomic mass is 10.1. The van der Waals surface area contributed by atoms with E-state index in [4.69, 9.17) is 19.0 Å². The van der Waals surface area contributed by atoms with E-state index < -0.39 is 0 Å². The van der Waals surface area contributed by atoms with E-state index in [1.807, 2.05) is 19.1 Å². The van der Waals surface area contributed by atoms with Crippen molar-refractivity contribution in [2.24, 2.45) is 4.99 Å². The van der Waals surface area contributed by atoms with Gasteiger partial charge < -0.3 is 24.2 Å². The van der Waals surface area contributed by atoms with Crippen LogP contribution in [0.2, 0.25) is 0 Å². The van der Waals surface area contributed by atoms with Gasteiger partial charge in [-0.3, -0.25) is 9.89 Å². The molecule has 2 heterocycles. The van der Waals surface area contributed by atoms with Gasteiger partial charge in [-0.05, 0) is 38.5 Å². The highest BCUT2D eigenvalue weighted by Gasteiger charge is 2.21. The fourth-order valence-electron chi connectivity index (χ4n) is 3.65. The molecule has 1 fully saturated rings. The van der Waals surface area contributed by atoms with Crippen LogP contribution in [0.5, 0.6) is 11.5 Å². The maximum Gasteiger partial charge on any atom is 0.226 e. The number of benzene rings is 1. The maximum atomic E-state index is 5.53. The Labute approximate surface area is 184 Å². The number of hydrogen-bond donors (Lipinski definition) is 1. The standard InChI is InChI=1S/C22H34N6O3/c1-5-23-22(24-10-6-7-21-25-17(2)26-31-21)28-13-11-27(12-14-28)16-18-15-19(29-3)8-9-20(18)30-4/h8-9,15H,5-7,10-14,16H2,1-4H3,(H,23,24). The molecule has 1 aromatic carbocycles.